The molecule has 0 N–H and O–H groups in total. The second-order valence-electron chi connectivity index (χ2n) is 9.46. The van der Waals surface area contributed by atoms with Gasteiger partial charge in [0.1, 0.15) is 0 Å². The lowest BCUT2D eigenvalue weighted by Crippen LogP contribution is -1.93. The highest BCUT2D eigenvalue weighted by Gasteiger charge is 2.16. The van der Waals surface area contributed by atoms with Crippen LogP contribution in [0.2, 0.25) is 0 Å². The zero-order valence-corrected chi connectivity index (χ0v) is 19.6. The van der Waals surface area contributed by atoms with Crippen molar-refractivity contribution >= 4 is 54.4 Å². The second kappa shape index (κ2) is 7.34. The summed E-state index contributed by atoms with van der Waals surface area (Å²) in [4.78, 5) is 0. The number of nitrogens with zero attached hydrogens (tertiary/aromatic N) is 2. The summed E-state index contributed by atoms with van der Waals surface area (Å²) in [6.07, 6.45) is 0. The fourth-order valence-corrected chi connectivity index (χ4v) is 5.89. The highest BCUT2D eigenvalue weighted by atomic mass is 15.0. The minimum atomic E-state index is 1.19. The highest BCUT2D eigenvalue weighted by molar-refractivity contribution is 6.18. The van der Waals surface area contributed by atoms with Crippen molar-refractivity contribution < 1.29 is 0 Å². The Kier molecular flexibility index (Phi) is 3.97. The van der Waals surface area contributed by atoms with Crippen molar-refractivity contribution in [3.63, 3.8) is 0 Å². The van der Waals surface area contributed by atoms with Gasteiger partial charge in [0.2, 0.25) is 0 Å². The molecule has 0 bridgehead atoms. The highest BCUT2D eigenvalue weighted by Crippen LogP contribution is 2.38. The van der Waals surface area contributed by atoms with Crippen molar-refractivity contribution in [1.29, 1.82) is 0 Å². The molecule has 8 rings (SSSR count). The Morgan fingerprint density at radius 1 is 0.306 bits per heavy atom. The number of hydrogen-bond donors (Lipinski definition) is 0. The normalized spacial score (nSPS) is 11.9. The lowest BCUT2D eigenvalue weighted by Gasteiger charge is -2.09. The number of hydrogen-bond acceptors (Lipinski definition) is 0. The van der Waals surface area contributed by atoms with E-state index < -0.39 is 0 Å². The zero-order valence-electron chi connectivity index (χ0n) is 19.6. The van der Waals surface area contributed by atoms with Gasteiger partial charge in [-0.2, -0.15) is 0 Å². The van der Waals surface area contributed by atoms with Crippen molar-refractivity contribution in [2.45, 2.75) is 0 Å². The van der Waals surface area contributed by atoms with Gasteiger partial charge in [-0.05, 0) is 71.4 Å². The summed E-state index contributed by atoms with van der Waals surface area (Å²) < 4.78 is 4.78. The Morgan fingerprint density at radius 2 is 0.694 bits per heavy atom. The smallest absolute Gasteiger partial charge is 0.0547 e. The van der Waals surface area contributed by atoms with Crippen molar-refractivity contribution in [2.24, 2.45) is 0 Å². The van der Waals surface area contributed by atoms with Gasteiger partial charge < -0.3 is 9.13 Å². The van der Waals surface area contributed by atoms with Gasteiger partial charge in [-0.1, -0.05) is 72.8 Å². The van der Waals surface area contributed by atoms with E-state index in [2.05, 4.69) is 143 Å². The molecule has 0 aliphatic heterocycles. The number of aromatic nitrogens is 2. The molecular weight excluding hydrogens is 436 g/mol. The first-order valence-electron chi connectivity index (χ1n) is 12.4. The average molecular weight is 459 g/mol. The van der Waals surface area contributed by atoms with Crippen LogP contribution in [0.25, 0.3) is 65.8 Å². The zero-order chi connectivity index (χ0) is 23.6. The van der Waals surface area contributed by atoms with Crippen LogP contribution in [0.3, 0.4) is 0 Å². The molecule has 36 heavy (non-hydrogen) atoms. The molecule has 0 fully saturated rings. The third-order valence-electron chi connectivity index (χ3n) is 7.45. The fourth-order valence-electron chi connectivity index (χ4n) is 5.89. The van der Waals surface area contributed by atoms with E-state index in [0.717, 1.165) is 0 Å². The summed E-state index contributed by atoms with van der Waals surface area (Å²) in [5, 5.41) is 7.63. The van der Waals surface area contributed by atoms with Gasteiger partial charge >= 0.3 is 0 Å². The van der Waals surface area contributed by atoms with Crippen LogP contribution in [0.1, 0.15) is 0 Å². The molecule has 2 heterocycles. The molecule has 0 aliphatic carbocycles. The maximum atomic E-state index is 2.39. The van der Waals surface area contributed by atoms with Crippen LogP contribution >= 0.6 is 0 Å². The first-order chi connectivity index (χ1) is 17.9. The summed E-state index contributed by atoms with van der Waals surface area (Å²) in [5.74, 6) is 0. The lowest BCUT2D eigenvalue weighted by atomic mass is 10.0. The molecule has 0 saturated carbocycles. The Bertz CT molecular complexity index is 1920. The van der Waals surface area contributed by atoms with E-state index in [1.165, 1.54) is 65.8 Å². The topological polar surface area (TPSA) is 9.86 Å². The third kappa shape index (κ3) is 2.67. The predicted molar refractivity (Wildman–Crippen MR) is 153 cm³/mol. The van der Waals surface area contributed by atoms with Gasteiger partial charge in [0.05, 0.1) is 22.1 Å². The summed E-state index contributed by atoms with van der Waals surface area (Å²) in [6, 6.07) is 48.3. The molecule has 0 radical (unpaired) electrons. The standard InChI is InChI=1S/C34H22N2/c1-3-11-25(12-4-1)35-31-17-9-7-15-27(31)29-19-24-22-34-30(20-23(24)21-33(29)35)28-16-8-10-18-32(28)36(34)26-13-5-2-6-14-26/h1-22H. The maximum Gasteiger partial charge on any atom is 0.0547 e. The van der Waals surface area contributed by atoms with E-state index >= 15 is 0 Å². The van der Waals surface area contributed by atoms with E-state index in [9.17, 15) is 0 Å². The molecule has 168 valence electrons. The molecule has 0 saturated heterocycles. The van der Waals surface area contributed by atoms with E-state index in [4.69, 9.17) is 0 Å². The Balaban J connectivity index is 1.53. The van der Waals surface area contributed by atoms with Gasteiger partial charge in [-0.15, -0.1) is 0 Å². The van der Waals surface area contributed by atoms with E-state index in [0.29, 0.717) is 0 Å². The van der Waals surface area contributed by atoms with Crippen LogP contribution in [0.4, 0.5) is 0 Å². The first-order valence-corrected chi connectivity index (χ1v) is 12.4. The van der Waals surface area contributed by atoms with Gasteiger partial charge in [0.25, 0.3) is 0 Å². The van der Waals surface area contributed by atoms with Crippen molar-refractivity contribution in [3.8, 4) is 11.4 Å². The molecule has 0 atom stereocenters. The van der Waals surface area contributed by atoms with Crippen LogP contribution in [0.5, 0.6) is 0 Å². The van der Waals surface area contributed by atoms with Crippen molar-refractivity contribution in [2.75, 3.05) is 0 Å². The minimum absolute atomic E-state index is 1.19. The van der Waals surface area contributed by atoms with E-state index in [1.807, 2.05) is 0 Å². The van der Waals surface area contributed by atoms with Crippen LogP contribution in [-0.2, 0) is 0 Å². The summed E-state index contributed by atoms with van der Waals surface area (Å²) in [6.45, 7) is 0. The summed E-state index contributed by atoms with van der Waals surface area (Å²) in [7, 11) is 0. The van der Waals surface area contributed by atoms with Gasteiger partial charge in [0.15, 0.2) is 0 Å². The molecule has 0 amide bonds. The fraction of sp³-hybridized carbons (Fsp3) is 0. The Labute approximate surface area is 208 Å². The van der Waals surface area contributed by atoms with E-state index in [-0.39, 0.29) is 0 Å². The summed E-state index contributed by atoms with van der Waals surface area (Å²) >= 11 is 0. The quantitative estimate of drug-likeness (QED) is 0.244. The molecule has 2 nitrogen and oxygen atoms in total. The van der Waals surface area contributed by atoms with Crippen molar-refractivity contribution in [1.82, 2.24) is 9.13 Å². The minimum Gasteiger partial charge on any atom is -0.309 e. The molecular formula is C34H22N2. The average Bonchev–Trinajstić information content (AvgIpc) is 3.43. The Morgan fingerprint density at radius 3 is 1.14 bits per heavy atom. The van der Waals surface area contributed by atoms with Gasteiger partial charge in [-0.3, -0.25) is 0 Å². The van der Waals surface area contributed by atoms with Crippen LogP contribution < -0.4 is 0 Å². The molecule has 6 aromatic carbocycles. The molecule has 0 aliphatic rings. The first kappa shape index (κ1) is 19.5. The van der Waals surface area contributed by atoms with E-state index in [1.54, 1.807) is 0 Å². The maximum absolute atomic E-state index is 2.39. The van der Waals surface area contributed by atoms with Crippen LogP contribution in [0.15, 0.2) is 133 Å². The monoisotopic (exact) mass is 458 g/mol. The molecule has 2 heteroatoms. The van der Waals surface area contributed by atoms with Crippen molar-refractivity contribution in [3.05, 3.63) is 133 Å². The summed E-state index contributed by atoms with van der Waals surface area (Å²) in [5.41, 5.74) is 7.31. The van der Waals surface area contributed by atoms with Gasteiger partial charge in [-0.25, -0.2) is 0 Å². The number of para-hydroxylation sites is 4. The molecule has 2 aromatic heterocycles. The number of rotatable bonds is 2. The number of benzene rings is 6. The number of fused-ring (bicyclic) bond motifs is 7. The Hall–Kier alpha value is -4.82. The molecule has 0 spiro atoms. The predicted octanol–water partition coefficient (Wildman–Crippen LogP) is 9.03. The lowest BCUT2D eigenvalue weighted by molar-refractivity contribution is 1.18. The third-order valence-corrected chi connectivity index (χ3v) is 7.45. The van der Waals surface area contributed by atoms with Crippen LogP contribution in [0, 0.1) is 0 Å². The second-order valence-corrected chi connectivity index (χ2v) is 9.46. The SMILES string of the molecule is c1ccc(-n2c3ccccc3c3cc4cc5c(cc4cc32)c2ccccc2n5-c2ccccc2)cc1. The molecule has 8 aromatic rings. The van der Waals surface area contributed by atoms with Crippen LogP contribution in [-0.4, -0.2) is 9.13 Å². The van der Waals surface area contributed by atoms with Gasteiger partial charge in [0, 0.05) is 32.9 Å². The molecule has 0 unspecified atom stereocenters. The largest absolute Gasteiger partial charge is 0.309 e.